The van der Waals surface area contributed by atoms with Crippen LogP contribution >= 0.6 is 0 Å². The van der Waals surface area contributed by atoms with Gasteiger partial charge in [-0.05, 0) is 99.9 Å². The van der Waals surface area contributed by atoms with E-state index in [9.17, 15) is 15.0 Å². The molecule has 2 N–H and O–H groups in total. The molecule has 5 heteroatoms. The van der Waals surface area contributed by atoms with Crippen molar-refractivity contribution in [1.29, 1.82) is 0 Å². The van der Waals surface area contributed by atoms with E-state index in [0.29, 0.717) is 30.8 Å². The molecular formula is C30H46O5. The van der Waals surface area contributed by atoms with E-state index in [-0.39, 0.29) is 51.2 Å². The minimum Gasteiger partial charge on any atom is -0.393 e. The number of aliphatic hydroxyl groups is 2. The first kappa shape index (κ1) is 24.6. The first-order chi connectivity index (χ1) is 16.1. The van der Waals surface area contributed by atoms with Crippen molar-refractivity contribution in [1.82, 2.24) is 0 Å². The van der Waals surface area contributed by atoms with Crippen LogP contribution in [0.15, 0.2) is 11.6 Å². The lowest BCUT2D eigenvalue weighted by Gasteiger charge is -2.74. The van der Waals surface area contributed by atoms with Crippen molar-refractivity contribution in [3.8, 4) is 0 Å². The van der Waals surface area contributed by atoms with Crippen molar-refractivity contribution in [2.24, 2.45) is 45.3 Å². The topological polar surface area (TPSA) is 79.3 Å². The maximum absolute atomic E-state index is 12.8. The molecule has 0 aromatic heterocycles. The van der Waals surface area contributed by atoms with Gasteiger partial charge in [0.25, 0.3) is 0 Å². The lowest BCUT2D eigenvalue weighted by Crippen LogP contribution is -2.75. The number of epoxide rings is 1. The highest BCUT2D eigenvalue weighted by Gasteiger charge is 2.76. The van der Waals surface area contributed by atoms with Gasteiger partial charge in [0.1, 0.15) is 6.10 Å². The fourth-order valence-corrected chi connectivity index (χ4v) is 10.8. The minimum absolute atomic E-state index is 0.0126. The summed E-state index contributed by atoms with van der Waals surface area (Å²) >= 11 is 0. The predicted molar refractivity (Wildman–Crippen MR) is 133 cm³/mol. The molecule has 0 aromatic rings. The summed E-state index contributed by atoms with van der Waals surface area (Å²) in [5.74, 6) is 0.327. The molecule has 7 aliphatic rings. The summed E-state index contributed by atoms with van der Waals surface area (Å²) in [6.45, 7) is 16.0. The van der Waals surface area contributed by atoms with Crippen LogP contribution in [0.4, 0.5) is 0 Å². The zero-order chi connectivity index (χ0) is 25.4. The Hall–Kier alpha value is -0.750. The lowest BCUT2D eigenvalue weighted by molar-refractivity contribution is -0.404. The van der Waals surface area contributed by atoms with Gasteiger partial charge < -0.3 is 19.7 Å². The van der Waals surface area contributed by atoms with E-state index in [0.717, 1.165) is 38.5 Å². The third kappa shape index (κ3) is 2.88. The zero-order valence-corrected chi connectivity index (χ0v) is 22.8. The van der Waals surface area contributed by atoms with E-state index >= 15 is 0 Å². The number of carbonyl (C=O) groups excluding carboxylic acids is 1. The standard InChI is InChI=1S/C30H46O5/c1-17(14-21(32)24-26(4,5)35-24)18-8-10-27(6)19(18)15-20(31)23-28(27,7)11-9-22-25(2,3)30(33)13-12-29(22,23)16-34-30/h14,18-20,22-24,31,33H,8-13,15-16H2,1-7H3/b17-14+/t18-,19-,20-,22+,23+,24-,27-,28-,29-,30+/m1/s1. The predicted octanol–water partition coefficient (Wildman–Crippen LogP) is 5.03. The Balaban J connectivity index is 1.33. The second-order valence-electron chi connectivity index (χ2n) is 14.9. The van der Waals surface area contributed by atoms with Gasteiger partial charge in [-0.1, -0.05) is 33.3 Å². The molecule has 5 nitrogen and oxygen atoms in total. The van der Waals surface area contributed by atoms with Crippen molar-refractivity contribution in [2.75, 3.05) is 6.61 Å². The number of hydrogen-bond donors (Lipinski definition) is 2. The quantitative estimate of drug-likeness (QED) is 0.432. The van der Waals surface area contributed by atoms with E-state index in [1.165, 1.54) is 5.57 Å². The van der Waals surface area contributed by atoms with Crippen LogP contribution in [0.2, 0.25) is 0 Å². The van der Waals surface area contributed by atoms with Crippen LogP contribution in [0.1, 0.15) is 93.4 Å². The molecular weight excluding hydrogens is 440 g/mol. The van der Waals surface area contributed by atoms with Crippen molar-refractivity contribution in [3.63, 3.8) is 0 Å². The molecule has 4 saturated carbocycles. The summed E-state index contributed by atoms with van der Waals surface area (Å²) in [7, 11) is 0. The molecule has 3 saturated heterocycles. The van der Waals surface area contributed by atoms with Crippen LogP contribution in [-0.4, -0.2) is 46.2 Å². The van der Waals surface area contributed by atoms with E-state index < -0.39 is 5.79 Å². The Kier molecular flexibility index (Phi) is 4.92. The molecule has 4 aliphatic carbocycles. The first-order valence-corrected chi connectivity index (χ1v) is 14.1. The monoisotopic (exact) mass is 486 g/mol. The van der Waals surface area contributed by atoms with E-state index in [1.807, 2.05) is 19.9 Å². The summed E-state index contributed by atoms with van der Waals surface area (Å²) in [6.07, 6.45) is 7.99. The summed E-state index contributed by atoms with van der Waals surface area (Å²) < 4.78 is 11.9. The van der Waals surface area contributed by atoms with E-state index in [4.69, 9.17) is 9.47 Å². The maximum Gasteiger partial charge on any atom is 0.187 e. The Bertz CT molecular complexity index is 971. The smallest absolute Gasteiger partial charge is 0.187 e. The molecule has 0 aromatic carbocycles. The SMILES string of the molecule is C/C(=C\C(=O)[C@H]1OC1(C)C)[C@H]1CC[C@]2(C)[C@@H]1C[C@@H](O)[C@@H]1[C@]34CC[C@](O)(OC3)C(C)(C)[C@@H]4CC[C@]12C. The van der Waals surface area contributed by atoms with Crippen LogP contribution in [-0.2, 0) is 14.3 Å². The fourth-order valence-electron chi connectivity index (χ4n) is 10.8. The van der Waals surface area contributed by atoms with Crippen LogP contribution in [0.3, 0.4) is 0 Å². The number of carbonyl (C=O) groups is 1. The number of aliphatic hydroxyl groups excluding tert-OH is 1. The zero-order valence-electron chi connectivity index (χ0n) is 22.8. The average molecular weight is 487 g/mol. The van der Waals surface area contributed by atoms with Gasteiger partial charge in [0.05, 0.1) is 18.3 Å². The van der Waals surface area contributed by atoms with Gasteiger partial charge in [0.2, 0.25) is 0 Å². The Morgan fingerprint density at radius 2 is 1.63 bits per heavy atom. The second-order valence-corrected chi connectivity index (χ2v) is 14.9. The Morgan fingerprint density at radius 1 is 0.971 bits per heavy atom. The Morgan fingerprint density at radius 3 is 2.23 bits per heavy atom. The lowest BCUT2D eigenvalue weighted by atomic mass is 9.33. The molecule has 196 valence electrons. The molecule has 10 atom stereocenters. The summed E-state index contributed by atoms with van der Waals surface area (Å²) in [5, 5.41) is 23.3. The van der Waals surface area contributed by atoms with E-state index in [2.05, 4.69) is 34.6 Å². The van der Waals surface area contributed by atoms with Crippen molar-refractivity contribution < 1.29 is 24.5 Å². The number of ketones is 1. The van der Waals surface area contributed by atoms with Crippen molar-refractivity contribution in [3.05, 3.63) is 11.6 Å². The molecule has 0 radical (unpaired) electrons. The van der Waals surface area contributed by atoms with Crippen LogP contribution in [0, 0.1) is 45.3 Å². The number of rotatable bonds is 3. The van der Waals surface area contributed by atoms with Gasteiger partial charge in [-0.15, -0.1) is 0 Å². The highest BCUT2D eigenvalue weighted by molar-refractivity contribution is 5.96. The number of allylic oxidation sites excluding steroid dienone is 1. The van der Waals surface area contributed by atoms with Gasteiger partial charge in [0, 0.05) is 17.3 Å². The molecule has 0 unspecified atom stereocenters. The molecule has 3 aliphatic heterocycles. The van der Waals surface area contributed by atoms with Crippen LogP contribution in [0.5, 0.6) is 0 Å². The number of hydrogen-bond acceptors (Lipinski definition) is 5. The van der Waals surface area contributed by atoms with Gasteiger partial charge >= 0.3 is 0 Å². The average Bonchev–Trinajstić information content (AvgIpc) is 3.27. The molecule has 2 bridgehead atoms. The van der Waals surface area contributed by atoms with Crippen molar-refractivity contribution >= 4 is 5.78 Å². The summed E-state index contributed by atoms with van der Waals surface area (Å²) in [6, 6.07) is 0. The normalized spacial score (nSPS) is 55.6. The molecule has 7 fully saturated rings. The Labute approximate surface area is 211 Å². The second kappa shape index (κ2) is 7.01. The summed E-state index contributed by atoms with van der Waals surface area (Å²) in [5.41, 5.74) is 0.588. The molecule has 35 heavy (non-hydrogen) atoms. The van der Waals surface area contributed by atoms with E-state index in [1.54, 1.807) is 0 Å². The fraction of sp³-hybridized carbons (Fsp3) is 0.900. The molecule has 7 rings (SSSR count). The molecule has 1 spiro atoms. The maximum atomic E-state index is 12.8. The van der Waals surface area contributed by atoms with Crippen LogP contribution < -0.4 is 0 Å². The molecule has 3 heterocycles. The van der Waals surface area contributed by atoms with Crippen molar-refractivity contribution in [2.45, 2.75) is 117 Å². The van der Waals surface area contributed by atoms with Gasteiger partial charge in [0.15, 0.2) is 11.6 Å². The number of ether oxygens (including phenoxy) is 2. The number of fused-ring (bicyclic) bond motifs is 5. The van der Waals surface area contributed by atoms with Gasteiger partial charge in [-0.25, -0.2) is 0 Å². The highest BCUT2D eigenvalue weighted by atomic mass is 16.6. The third-order valence-electron chi connectivity index (χ3n) is 13.0. The minimum atomic E-state index is -1.04. The third-order valence-corrected chi connectivity index (χ3v) is 13.0. The first-order valence-electron chi connectivity index (χ1n) is 14.1. The largest absolute Gasteiger partial charge is 0.393 e. The van der Waals surface area contributed by atoms with Gasteiger partial charge in [-0.2, -0.15) is 0 Å². The molecule has 0 amide bonds. The highest BCUT2D eigenvalue weighted by Crippen LogP contribution is 2.77. The van der Waals surface area contributed by atoms with Crippen LogP contribution in [0.25, 0.3) is 0 Å². The van der Waals surface area contributed by atoms with Gasteiger partial charge in [-0.3, -0.25) is 4.79 Å². The summed E-state index contributed by atoms with van der Waals surface area (Å²) in [4.78, 5) is 12.8.